The Hall–Kier alpha value is -1.74. The molecule has 1 aromatic heterocycles. The van der Waals surface area contributed by atoms with Crippen molar-refractivity contribution in [3.05, 3.63) is 53.5 Å². The van der Waals surface area contributed by atoms with Crippen molar-refractivity contribution in [3.63, 3.8) is 0 Å². The lowest BCUT2D eigenvalue weighted by atomic mass is 10.1. The van der Waals surface area contributed by atoms with Crippen LogP contribution >= 0.6 is 0 Å². The van der Waals surface area contributed by atoms with E-state index in [1.807, 2.05) is 6.07 Å². The van der Waals surface area contributed by atoms with E-state index < -0.39 is 0 Å². The maximum absolute atomic E-state index is 5.51. The molecule has 0 bridgehead atoms. The second-order valence-electron chi connectivity index (χ2n) is 5.84. The van der Waals surface area contributed by atoms with Gasteiger partial charge in [-0.2, -0.15) is 0 Å². The highest BCUT2D eigenvalue weighted by atomic mass is 16.3. The number of hydrogen-bond acceptors (Lipinski definition) is 3. The summed E-state index contributed by atoms with van der Waals surface area (Å²) in [5.74, 6) is 1.07. The molecule has 1 aliphatic carbocycles. The first kappa shape index (κ1) is 12.0. The van der Waals surface area contributed by atoms with E-state index in [1.54, 1.807) is 6.26 Å². The van der Waals surface area contributed by atoms with Crippen molar-refractivity contribution < 1.29 is 4.42 Å². The zero-order valence-corrected chi connectivity index (χ0v) is 11.6. The van der Waals surface area contributed by atoms with Gasteiger partial charge in [0.05, 0.1) is 12.8 Å². The average molecular weight is 268 g/mol. The number of rotatable bonds is 5. The van der Waals surface area contributed by atoms with Gasteiger partial charge >= 0.3 is 0 Å². The van der Waals surface area contributed by atoms with Crippen molar-refractivity contribution in [2.24, 2.45) is 0 Å². The minimum Gasteiger partial charge on any atom is -0.468 e. The molecule has 1 aromatic carbocycles. The Kier molecular flexibility index (Phi) is 3.00. The monoisotopic (exact) mass is 268 g/mol. The van der Waals surface area contributed by atoms with Crippen LogP contribution in [0, 0.1) is 0 Å². The van der Waals surface area contributed by atoms with E-state index in [1.165, 1.54) is 29.7 Å². The number of nitrogens with one attached hydrogen (secondary N) is 1. The fraction of sp³-hybridized carbons (Fsp3) is 0.412. The molecule has 3 nitrogen and oxygen atoms in total. The molecule has 1 aliphatic heterocycles. The minimum absolute atomic E-state index is 0.734. The van der Waals surface area contributed by atoms with Crippen LogP contribution in [-0.4, -0.2) is 17.5 Å². The smallest absolute Gasteiger partial charge is 0.117 e. The zero-order chi connectivity index (χ0) is 13.4. The van der Waals surface area contributed by atoms with Crippen LogP contribution in [0.4, 0.5) is 5.69 Å². The zero-order valence-electron chi connectivity index (χ0n) is 11.6. The number of para-hydroxylation sites is 1. The first-order chi connectivity index (χ1) is 9.90. The second kappa shape index (κ2) is 4.98. The Morgan fingerprint density at radius 1 is 1.15 bits per heavy atom. The number of furan rings is 1. The number of hydrogen-bond donors (Lipinski definition) is 1. The van der Waals surface area contributed by atoms with Gasteiger partial charge in [0.25, 0.3) is 0 Å². The summed E-state index contributed by atoms with van der Waals surface area (Å²) in [7, 11) is 0. The molecular formula is C17H20N2O. The summed E-state index contributed by atoms with van der Waals surface area (Å²) >= 11 is 0. The molecule has 104 valence electrons. The maximum atomic E-state index is 5.51. The van der Waals surface area contributed by atoms with Crippen LogP contribution in [0.2, 0.25) is 0 Å². The van der Waals surface area contributed by atoms with Crippen molar-refractivity contribution in [2.75, 3.05) is 11.9 Å². The molecule has 2 heterocycles. The average Bonchev–Trinajstić information content (AvgIpc) is 2.98. The molecule has 1 fully saturated rings. The summed E-state index contributed by atoms with van der Waals surface area (Å²) < 4.78 is 5.51. The molecule has 0 radical (unpaired) electrons. The van der Waals surface area contributed by atoms with Gasteiger partial charge in [0, 0.05) is 24.8 Å². The van der Waals surface area contributed by atoms with E-state index in [4.69, 9.17) is 4.42 Å². The molecule has 20 heavy (non-hydrogen) atoms. The topological polar surface area (TPSA) is 28.4 Å². The lowest BCUT2D eigenvalue weighted by molar-refractivity contribution is 0.225. The normalized spacial score (nSPS) is 17.2. The molecule has 1 N–H and O–H groups in total. The van der Waals surface area contributed by atoms with Gasteiger partial charge in [-0.1, -0.05) is 18.2 Å². The third-order valence-electron chi connectivity index (χ3n) is 4.31. The Bertz CT molecular complexity index is 587. The van der Waals surface area contributed by atoms with E-state index in [0.29, 0.717) is 0 Å². The lowest BCUT2D eigenvalue weighted by Gasteiger charge is -2.22. The van der Waals surface area contributed by atoms with Gasteiger partial charge in [-0.25, -0.2) is 0 Å². The number of anilines is 1. The molecule has 0 atom stereocenters. The Morgan fingerprint density at radius 3 is 2.90 bits per heavy atom. The van der Waals surface area contributed by atoms with Crippen LogP contribution in [0.15, 0.2) is 41.0 Å². The second-order valence-corrected chi connectivity index (χ2v) is 5.84. The first-order valence-corrected chi connectivity index (χ1v) is 7.51. The standard InChI is InChI=1S/C17H20N2O/c1-3-13-8-9-18-17(13)14(4-1)11-19(15-6-7-15)12-16-5-2-10-20-16/h1-5,10,15,18H,6-9,11-12H2. The van der Waals surface area contributed by atoms with Gasteiger partial charge < -0.3 is 9.73 Å². The van der Waals surface area contributed by atoms with Crippen LogP contribution in [0.3, 0.4) is 0 Å². The van der Waals surface area contributed by atoms with Crippen LogP contribution < -0.4 is 5.32 Å². The molecule has 0 spiro atoms. The molecule has 2 aromatic rings. The number of benzene rings is 1. The van der Waals surface area contributed by atoms with Gasteiger partial charge in [-0.15, -0.1) is 0 Å². The fourth-order valence-electron chi connectivity index (χ4n) is 3.12. The fourth-order valence-corrected chi connectivity index (χ4v) is 3.12. The van der Waals surface area contributed by atoms with Crippen molar-refractivity contribution in [3.8, 4) is 0 Å². The molecule has 0 saturated heterocycles. The molecule has 0 unspecified atom stereocenters. The summed E-state index contributed by atoms with van der Waals surface area (Å²) in [6, 6.07) is 11.5. The van der Waals surface area contributed by atoms with Gasteiger partial charge in [-0.3, -0.25) is 4.90 Å². The minimum atomic E-state index is 0.734. The van der Waals surface area contributed by atoms with Crippen LogP contribution in [0.1, 0.15) is 29.7 Å². The van der Waals surface area contributed by atoms with Crippen molar-refractivity contribution in [1.82, 2.24) is 4.90 Å². The molecule has 0 amide bonds. The first-order valence-electron chi connectivity index (χ1n) is 7.51. The van der Waals surface area contributed by atoms with E-state index in [0.717, 1.165) is 37.9 Å². The molecule has 3 heteroatoms. The number of fused-ring (bicyclic) bond motifs is 1. The van der Waals surface area contributed by atoms with Crippen molar-refractivity contribution >= 4 is 5.69 Å². The van der Waals surface area contributed by atoms with Gasteiger partial charge in [0.2, 0.25) is 0 Å². The van der Waals surface area contributed by atoms with Crippen LogP contribution in [0.5, 0.6) is 0 Å². The summed E-state index contributed by atoms with van der Waals surface area (Å²) in [5, 5.41) is 3.54. The maximum Gasteiger partial charge on any atom is 0.117 e. The number of nitrogens with zero attached hydrogens (tertiary/aromatic N) is 1. The Balaban J connectivity index is 1.55. The SMILES string of the molecule is c1coc(CN(Cc2cccc3c2NCC3)C2CC2)c1. The third-order valence-corrected chi connectivity index (χ3v) is 4.31. The van der Waals surface area contributed by atoms with E-state index in [9.17, 15) is 0 Å². The van der Waals surface area contributed by atoms with Crippen molar-refractivity contribution in [2.45, 2.75) is 38.4 Å². The van der Waals surface area contributed by atoms with Gasteiger partial charge in [0.15, 0.2) is 0 Å². The Morgan fingerprint density at radius 2 is 2.10 bits per heavy atom. The molecule has 4 rings (SSSR count). The highest BCUT2D eigenvalue weighted by molar-refractivity contribution is 5.61. The Labute approximate surface area is 119 Å². The molecular weight excluding hydrogens is 248 g/mol. The van der Waals surface area contributed by atoms with Gasteiger partial charge in [-0.05, 0) is 42.5 Å². The lowest BCUT2D eigenvalue weighted by Crippen LogP contribution is -2.25. The quantitative estimate of drug-likeness (QED) is 0.900. The summed E-state index contributed by atoms with van der Waals surface area (Å²) in [5.41, 5.74) is 4.27. The molecule has 1 saturated carbocycles. The summed E-state index contributed by atoms with van der Waals surface area (Å²) in [6.45, 7) is 3.01. The predicted octanol–water partition coefficient (Wildman–Crippen LogP) is 3.41. The van der Waals surface area contributed by atoms with E-state index in [2.05, 4.69) is 34.5 Å². The predicted molar refractivity (Wildman–Crippen MR) is 79.6 cm³/mol. The van der Waals surface area contributed by atoms with Crippen LogP contribution in [0.25, 0.3) is 0 Å². The van der Waals surface area contributed by atoms with E-state index >= 15 is 0 Å². The largest absolute Gasteiger partial charge is 0.468 e. The highest BCUT2D eigenvalue weighted by Gasteiger charge is 2.30. The summed E-state index contributed by atoms with van der Waals surface area (Å²) in [4.78, 5) is 2.55. The van der Waals surface area contributed by atoms with Gasteiger partial charge in [0.1, 0.15) is 5.76 Å². The van der Waals surface area contributed by atoms with E-state index in [-0.39, 0.29) is 0 Å². The van der Waals surface area contributed by atoms with Crippen LogP contribution in [-0.2, 0) is 19.5 Å². The third kappa shape index (κ3) is 2.34. The van der Waals surface area contributed by atoms with Crippen molar-refractivity contribution in [1.29, 1.82) is 0 Å². The molecule has 2 aliphatic rings. The summed E-state index contributed by atoms with van der Waals surface area (Å²) in [6.07, 6.45) is 5.57. The highest BCUT2D eigenvalue weighted by Crippen LogP contribution is 2.33.